The Morgan fingerprint density at radius 3 is 2.82 bits per heavy atom. The van der Waals surface area contributed by atoms with Crippen LogP contribution in [-0.2, 0) is 11.3 Å². The van der Waals surface area contributed by atoms with Gasteiger partial charge in [-0.25, -0.2) is 4.79 Å². The van der Waals surface area contributed by atoms with Crippen LogP contribution in [0.25, 0.3) is 0 Å². The largest absolute Gasteiger partial charge is 0.376 e. The van der Waals surface area contributed by atoms with E-state index in [0.29, 0.717) is 13.1 Å². The van der Waals surface area contributed by atoms with E-state index in [0.717, 1.165) is 25.1 Å². The average Bonchev–Trinajstić information content (AvgIpc) is 3.21. The summed E-state index contributed by atoms with van der Waals surface area (Å²) in [5.41, 5.74) is 0.816. The topological polar surface area (TPSA) is 41.6 Å². The summed E-state index contributed by atoms with van der Waals surface area (Å²) in [7, 11) is 0. The van der Waals surface area contributed by atoms with Gasteiger partial charge in [0.25, 0.3) is 0 Å². The van der Waals surface area contributed by atoms with Crippen molar-refractivity contribution in [2.45, 2.75) is 25.5 Å². The third kappa shape index (κ3) is 4.08. The number of para-hydroxylation sites is 1. The number of thiophene rings is 1. The Kier molecular flexibility index (Phi) is 5.08. The van der Waals surface area contributed by atoms with Gasteiger partial charge in [-0.05, 0) is 36.4 Å². The molecule has 22 heavy (non-hydrogen) atoms. The van der Waals surface area contributed by atoms with E-state index >= 15 is 0 Å². The highest BCUT2D eigenvalue weighted by Gasteiger charge is 2.23. The first-order chi connectivity index (χ1) is 10.8. The lowest BCUT2D eigenvalue weighted by atomic mass is 10.2. The van der Waals surface area contributed by atoms with E-state index in [4.69, 9.17) is 4.74 Å². The summed E-state index contributed by atoms with van der Waals surface area (Å²) in [4.78, 5) is 15.6. The zero-order valence-corrected chi connectivity index (χ0v) is 13.2. The molecule has 1 fully saturated rings. The number of urea groups is 1. The van der Waals surface area contributed by atoms with Gasteiger partial charge in [-0.2, -0.15) is 0 Å². The van der Waals surface area contributed by atoms with Crippen molar-refractivity contribution in [3.63, 3.8) is 0 Å². The minimum absolute atomic E-state index is 0.0740. The molecule has 0 spiro atoms. The van der Waals surface area contributed by atoms with Crippen LogP contribution in [0.1, 0.15) is 17.7 Å². The summed E-state index contributed by atoms with van der Waals surface area (Å²) in [5, 5.41) is 5.00. The van der Waals surface area contributed by atoms with Gasteiger partial charge in [0.05, 0.1) is 12.6 Å². The highest BCUT2D eigenvalue weighted by molar-refractivity contribution is 7.09. The molecule has 1 aliphatic heterocycles. The summed E-state index contributed by atoms with van der Waals surface area (Å²) in [6.45, 7) is 2.06. The minimum atomic E-state index is -0.0740. The number of carbonyl (C=O) groups is 1. The number of nitrogens with zero attached hydrogens (tertiary/aromatic N) is 1. The van der Waals surface area contributed by atoms with Gasteiger partial charge in [-0.15, -0.1) is 11.3 Å². The van der Waals surface area contributed by atoms with E-state index in [1.807, 2.05) is 46.7 Å². The van der Waals surface area contributed by atoms with Crippen LogP contribution < -0.4 is 5.32 Å². The van der Waals surface area contributed by atoms with Crippen molar-refractivity contribution in [1.82, 2.24) is 4.90 Å². The van der Waals surface area contributed by atoms with E-state index in [1.54, 1.807) is 11.3 Å². The Labute approximate surface area is 134 Å². The van der Waals surface area contributed by atoms with Crippen LogP contribution in [-0.4, -0.2) is 30.2 Å². The average molecular weight is 316 g/mol. The maximum Gasteiger partial charge on any atom is 0.322 e. The van der Waals surface area contributed by atoms with Crippen molar-refractivity contribution in [2.75, 3.05) is 18.5 Å². The van der Waals surface area contributed by atoms with Crippen molar-refractivity contribution in [2.24, 2.45) is 0 Å². The van der Waals surface area contributed by atoms with Crippen molar-refractivity contribution >= 4 is 23.1 Å². The van der Waals surface area contributed by atoms with Gasteiger partial charge in [0.2, 0.25) is 0 Å². The van der Waals surface area contributed by atoms with Crippen LogP contribution in [0, 0.1) is 0 Å². The molecule has 4 nitrogen and oxygen atoms in total. The molecule has 2 aromatic rings. The monoisotopic (exact) mass is 316 g/mol. The Balaban J connectivity index is 1.67. The quantitative estimate of drug-likeness (QED) is 0.907. The number of benzene rings is 1. The highest BCUT2D eigenvalue weighted by atomic mass is 32.1. The maximum atomic E-state index is 12.6. The number of hydrogen-bond acceptors (Lipinski definition) is 3. The molecule has 0 radical (unpaired) electrons. The van der Waals surface area contributed by atoms with Crippen molar-refractivity contribution < 1.29 is 9.53 Å². The number of carbonyl (C=O) groups excluding carboxylic acids is 1. The third-order valence-corrected chi connectivity index (χ3v) is 4.55. The van der Waals surface area contributed by atoms with Gasteiger partial charge in [0.15, 0.2) is 0 Å². The van der Waals surface area contributed by atoms with E-state index in [1.165, 1.54) is 4.88 Å². The second-order valence-electron chi connectivity index (χ2n) is 5.39. The van der Waals surface area contributed by atoms with E-state index in [2.05, 4.69) is 11.4 Å². The second kappa shape index (κ2) is 7.42. The molecule has 0 unspecified atom stereocenters. The molecule has 1 saturated heterocycles. The molecule has 1 aromatic carbocycles. The molecule has 1 aromatic heterocycles. The second-order valence-corrected chi connectivity index (χ2v) is 6.42. The Morgan fingerprint density at radius 2 is 2.14 bits per heavy atom. The van der Waals surface area contributed by atoms with Crippen molar-refractivity contribution in [3.8, 4) is 0 Å². The summed E-state index contributed by atoms with van der Waals surface area (Å²) in [5.74, 6) is 0. The van der Waals surface area contributed by atoms with Crippen LogP contribution in [0.5, 0.6) is 0 Å². The molecule has 116 valence electrons. The van der Waals surface area contributed by atoms with Crippen LogP contribution in [0.3, 0.4) is 0 Å². The predicted molar refractivity (Wildman–Crippen MR) is 89.2 cm³/mol. The summed E-state index contributed by atoms with van der Waals surface area (Å²) in [6, 6.07) is 13.6. The lowest BCUT2D eigenvalue weighted by Crippen LogP contribution is -2.39. The van der Waals surface area contributed by atoms with Crippen LogP contribution in [0.2, 0.25) is 0 Å². The van der Waals surface area contributed by atoms with Crippen LogP contribution >= 0.6 is 11.3 Å². The first kappa shape index (κ1) is 15.1. The Morgan fingerprint density at radius 1 is 1.27 bits per heavy atom. The van der Waals surface area contributed by atoms with Gasteiger partial charge in [-0.1, -0.05) is 24.3 Å². The molecule has 3 rings (SSSR count). The molecular formula is C17H20N2O2S. The van der Waals surface area contributed by atoms with Gasteiger partial charge in [-0.3, -0.25) is 0 Å². The zero-order valence-electron chi connectivity index (χ0n) is 12.4. The van der Waals surface area contributed by atoms with Gasteiger partial charge < -0.3 is 15.0 Å². The number of anilines is 1. The summed E-state index contributed by atoms with van der Waals surface area (Å²) >= 11 is 1.67. The predicted octanol–water partition coefficient (Wildman–Crippen LogP) is 3.96. The molecular weight excluding hydrogens is 296 g/mol. The smallest absolute Gasteiger partial charge is 0.322 e. The molecule has 0 saturated carbocycles. The van der Waals surface area contributed by atoms with Crippen molar-refractivity contribution in [3.05, 3.63) is 52.7 Å². The van der Waals surface area contributed by atoms with Gasteiger partial charge in [0, 0.05) is 23.7 Å². The van der Waals surface area contributed by atoms with Gasteiger partial charge >= 0.3 is 6.03 Å². The van der Waals surface area contributed by atoms with E-state index in [-0.39, 0.29) is 12.1 Å². The Hall–Kier alpha value is -1.85. The summed E-state index contributed by atoms with van der Waals surface area (Å²) in [6.07, 6.45) is 2.26. The zero-order chi connectivity index (χ0) is 15.2. The number of ether oxygens (including phenoxy) is 1. The fourth-order valence-electron chi connectivity index (χ4n) is 2.57. The standard InChI is InChI=1S/C17H20N2O2S/c20-17(18-14-6-2-1-3-7-14)19(12-15-8-4-10-21-15)13-16-9-5-11-22-16/h1-3,5-7,9,11,15H,4,8,10,12-13H2,(H,18,20)/t15-/m0/s1. The SMILES string of the molecule is O=C(Nc1ccccc1)N(Cc1cccs1)C[C@@H]1CCCO1. The summed E-state index contributed by atoms with van der Waals surface area (Å²) < 4.78 is 5.68. The van der Waals surface area contributed by atoms with Crippen molar-refractivity contribution in [1.29, 1.82) is 0 Å². The molecule has 0 aliphatic carbocycles. The molecule has 1 atom stereocenters. The number of hydrogen-bond donors (Lipinski definition) is 1. The number of nitrogens with one attached hydrogen (secondary N) is 1. The number of amides is 2. The normalized spacial score (nSPS) is 17.4. The lowest BCUT2D eigenvalue weighted by molar-refractivity contribution is 0.0821. The third-order valence-electron chi connectivity index (χ3n) is 3.69. The Bertz CT molecular complexity index is 580. The number of rotatable bonds is 5. The molecule has 5 heteroatoms. The fraction of sp³-hybridized carbons (Fsp3) is 0.353. The van der Waals surface area contributed by atoms with Crippen LogP contribution in [0.15, 0.2) is 47.8 Å². The minimum Gasteiger partial charge on any atom is -0.376 e. The highest BCUT2D eigenvalue weighted by Crippen LogP contribution is 2.18. The molecule has 1 N–H and O–H groups in total. The fourth-order valence-corrected chi connectivity index (χ4v) is 3.29. The first-order valence-corrected chi connectivity index (χ1v) is 8.44. The lowest BCUT2D eigenvalue weighted by Gasteiger charge is -2.25. The first-order valence-electron chi connectivity index (χ1n) is 7.56. The molecule has 0 bridgehead atoms. The van der Waals surface area contributed by atoms with Gasteiger partial charge in [0.1, 0.15) is 0 Å². The van der Waals surface area contributed by atoms with Crippen LogP contribution in [0.4, 0.5) is 10.5 Å². The van der Waals surface area contributed by atoms with E-state index in [9.17, 15) is 4.79 Å². The van der Waals surface area contributed by atoms with E-state index < -0.39 is 0 Å². The molecule has 2 amide bonds. The molecule has 1 aliphatic rings. The maximum absolute atomic E-state index is 12.6. The molecule has 2 heterocycles.